The zero-order valence-corrected chi connectivity index (χ0v) is 8.10. The van der Waals surface area contributed by atoms with E-state index in [1.807, 2.05) is 0 Å². The van der Waals surface area contributed by atoms with Gasteiger partial charge in [-0.2, -0.15) is 0 Å². The molecular weight excluding hydrogens is 194 g/mol. The van der Waals surface area contributed by atoms with E-state index in [-0.39, 0.29) is 5.91 Å². The Labute approximate surface area is 86.1 Å². The third kappa shape index (κ3) is 2.19. The predicted octanol–water partition coefficient (Wildman–Crippen LogP) is 1.63. The summed E-state index contributed by atoms with van der Waals surface area (Å²) < 4.78 is 4.85. The Kier molecular flexibility index (Phi) is 2.45. The van der Waals surface area contributed by atoms with Crippen molar-refractivity contribution in [3.05, 3.63) is 41.9 Å². The Morgan fingerprint density at radius 3 is 2.93 bits per heavy atom. The highest BCUT2D eigenvalue weighted by molar-refractivity contribution is 6.01. The lowest BCUT2D eigenvalue weighted by molar-refractivity contribution is 0.101. The molecule has 0 spiro atoms. The number of nitrogens with one attached hydrogen (secondary N) is 1. The summed E-state index contributed by atoms with van der Waals surface area (Å²) in [7, 11) is 0. The first-order chi connectivity index (χ1) is 7.25. The van der Waals surface area contributed by atoms with E-state index in [0.717, 1.165) is 0 Å². The van der Waals surface area contributed by atoms with Crippen molar-refractivity contribution >= 4 is 11.8 Å². The van der Waals surface area contributed by atoms with Crippen LogP contribution < -0.4 is 5.32 Å². The van der Waals surface area contributed by atoms with Crippen LogP contribution in [0.15, 0.2) is 35.0 Å². The van der Waals surface area contributed by atoms with Gasteiger partial charge in [-0.15, -0.1) is 0 Å². The van der Waals surface area contributed by atoms with Crippen molar-refractivity contribution in [3.8, 4) is 0 Å². The van der Waals surface area contributed by atoms with Gasteiger partial charge in [-0.25, -0.2) is 0 Å². The van der Waals surface area contributed by atoms with E-state index in [1.54, 1.807) is 37.4 Å². The average Bonchev–Trinajstić information content (AvgIpc) is 2.65. The molecule has 0 radical (unpaired) electrons. The second-order valence-electron chi connectivity index (χ2n) is 3.00. The molecule has 5 heteroatoms. The van der Waals surface area contributed by atoms with Gasteiger partial charge in [-0.05, 0) is 19.1 Å². The molecule has 0 bridgehead atoms. The zero-order valence-electron chi connectivity index (χ0n) is 8.10. The van der Waals surface area contributed by atoms with Gasteiger partial charge in [0.25, 0.3) is 5.91 Å². The quantitative estimate of drug-likeness (QED) is 0.805. The molecule has 2 aromatic rings. The van der Waals surface area contributed by atoms with Gasteiger partial charge in [0.15, 0.2) is 0 Å². The maximum atomic E-state index is 11.6. The standard InChI is InChI=1S/C10H9N3O2/c1-7-6-9(15-13-7)12-10(14)8-4-2-3-5-11-8/h2-6H,1H3,(H,12,14). The SMILES string of the molecule is Cc1cc(NC(=O)c2ccccn2)on1. The monoisotopic (exact) mass is 203 g/mol. The van der Waals surface area contributed by atoms with Crippen molar-refractivity contribution in [2.45, 2.75) is 6.92 Å². The Morgan fingerprint density at radius 1 is 1.47 bits per heavy atom. The number of carbonyl (C=O) groups is 1. The van der Waals surface area contributed by atoms with Crippen molar-refractivity contribution in [2.24, 2.45) is 0 Å². The van der Waals surface area contributed by atoms with Gasteiger partial charge in [0.05, 0.1) is 5.69 Å². The van der Waals surface area contributed by atoms with E-state index >= 15 is 0 Å². The summed E-state index contributed by atoms with van der Waals surface area (Å²) in [6.07, 6.45) is 1.56. The lowest BCUT2D eigenvalue weighted by atomic mass is 10.3. The van der Waals surface area contributed by atoms with E-state index in [1.165, 1.54) is 0 Å². The van der Waals surface area contributed by atoms with Gasteiger partial charge in [0, 0.05) is 12.3 Å². The van der Waals surface area contributed by atoms with Crippen molar-refractivity contribution in [1.82, 2.24) is 10.1 Å². The first-order valence-corrected chi connectivity index (χ1v) is 4.41. The second-order valence-corrected chi connectivity index (χ2v) is 3.00. The van der Waals surface area contributed by atoms with Crippen molar-refractivity contribution < 1.29 is 9.32 Å². The maximum Gasteiger partial charge on any atom is 0.276 e. The molecule has 15 heavy (non-hydrogen) atoms. The molecule has 2 heterocycles. The van der Waals surface area contributed by atoms with E-state index < -0.39 is 0 Å². The number of hydrogen-bond donors (Lipinski definition) is 1. The van der Waals surface area contributed by atoms with Crippen molar-refractivity contribution in [1.29, 1.82) is 0 Å². The molecule has 0 aliphatic carbocycles. The zero-order chi connectivity index (χ0) is 10.7. The van der Waals surface area contributed by atoms with Crippen LogP contribution in [0, 0.1) is 6.92 Å². The number of nitrogens with zero attached hydrogens (tertiary/aromatic N) is 2. The molecule has 0 aromatic carbocycles. The van der Waals surface area contributed by atoms with Crippen molar-refractivity contribution in [3.63, 3.8) is 0 Å². The topological polar surface area (TPSA) is 68.0 Å². The molecular formula is C10H9N3O2. The first kappa shape index (κ1) is 9.39. The molecule has 0 unspecified atom stereocenters. The van der Waals surface area contributed by atoms with E-state index in [0.29, 0.717) is 17.3 Å². The van der Waals surface area contributed by atoms with Crippen LogP contribution in [0.3, 0.4) is 0 Å². The van der Waals surface area contributed by atoms with Crippen LogP contribution in [0.25, 0.3) is 0 Å². The van der Waals surface area contributed by atoms with Crippen LogP contribution in [0.4, 0.5) is 5.88 Å². The number of pyridine rings is 1. The molecule has 0 aliphatic heterocycles. The fourth-order valence-electron chi connectivity index (χ4n) is 1.10. The number of hydrogen-bond acceptors (Lipinski definition) is 4. The lowest BCUT2D eigenvalue weighted by Crippen LogP contribution is -2.12. The van der Waals surface area contributed by atoms with Gasteiger partial charge in [-0.1, -0.05) is 11.2 Å². The Morgan fingerprint density at radius 2 is 2.33 bits per heavy atom. The molecule has 0 aliphatic rings. The molecule has 0 atom stereocenters. The van der Waals surface area contributed by atoms with Crippen molar-refractivity contribution in [2.75, 3.05) is 5.32 Å². The number of aryl methyl sites for hydroxylation is 1. The molecule has 0 saturated heterocycles. The summed E-state index contributed by atoms with van der Waals surface area (Å²) in [5, 5.41) is 6.20. The number of amides is 1. The van der Waals surface area contributed by atoms with Crippen LogP contribution in [-0.4, -0.2) is 16.0 Å². The van der Waals surface area contributed by atoms with Crippen LogP contribution in [0.1, 0.15) is 16.2 Å². The summed E-state index contributed by atoms with van der Waals surface area (Å²) in [6, 6.07) is 6.75. The molecule has 0 saturated carbocycles. The smallest absolute Gasteiger partial charge is 0.276 e. The molecule has 76 valence electrons. The van der Waals surface area contributed by atoms with Gasteiger partial charge in [-0.3, -0.25) is 15.1 Å². The van der Waals surface area contributed by atoms with Crippen LogP contribution in [-0.2, 0) is 0 Å². The number of aromatic nitrogens is 2. The number of anilines is 1. The summed E-state index contributed by atoms with van der Waals surface area (Å²) in [5.41, 5.74) is 1.05. The minimum atomic E-state index is -0.313. The molecule has 1 N–H and O–H groups in total. The van der Waals surface area contributed by atoms with Gasteiger partial charge in [0.2, 0.25) is 5.88 Å². The highest BCUT2D eigenvalue weighted by Gasteiger charge is 2.09. The minimum Gasteiger partial charge on any atom is -0.338 e. The second kappa shape index (κ2) is 3.91. The summed E-state index contributed by atoms with van der Waals surface area (Å²) in [5.74, 6) is 0.00917. The fraction of sp³-hybridized carbons (Fsp3) is 0.100. The van der Waals surface area contributed by atoms with E-state index in [9.17, 15) is 4.79 Å². The van der Waals surface area contributed by atoms with Crippen LogP contribution in [0.2, 0.25) is 0 Å². The van der Waals surface area contributed by atoms with E-state index in [2.05, 4.69) is 15.5 Å². The summed E-state index contributed by atoms with van der Waals surface area (Å²) in [6.45, 7) is 1.78. The third-order valence-electron chi connectivity index (χ3n) is 1.76. The normalized spacial score (nSPS) is 9.93. The maximum absolute atomic E-state index is 11.6. The molecule has 1 amide bonds. The summed E-state index contributed by atoms with van der Waals surface area (Å²) >= 11 is 0. The van der Waals surface area contributed by atoms with Gasteiger partial charge in [0.1, 0.15) is 5.69 Å². The highest BCUT2D eigenvalue weighted by Crippen LogP contribution is 2.09. The van der Waals surface area contributed by atoms with Crippen LogP contribution in [0.5, 0.6) is 0 Å². The molecule has 2 rings (SSSR count). The molecule has 0 fully saturated rings. The predicted molar refractivity (Wildman–Crippen MR) is 53.4 cm³/mol. The van der Waals surface area contributed by atoms with E-state index in [4.69, 9.17) is 4.52 Å². The lowest BCUT2D eigenvalue weighted by Gasteiger charge is -1.98. The number of rotatable bonds is 2. The Balaban J connectivity index is 2.11. The largest absolute Gasteiger partial charge is 0.338 e. The summed E-state index contributed by atoms with van der Waals surface area (Å²) in [4.78, 5) is 15.5. The van der Waals surface area contributed by atoms with Gasteiger partial charge < -0.3 is 4.52 Å². The molecule has 5 nitrogen and oxygen atoms in total. The van der Waals surface area contributed by atoms with Crippen LogP contribution >= 0.6 is 0 Å². The van der Waals surface area contributed by atoms with Gasteiger partial charge >= 0.3 is 0 Å². The minimum absolute atomic E-state index is 0.313. The Hall–Kier alpha value is -2.17. The average molecular weight is 203 g/mol. The third-order valence-corrected chi connectivity index (χ3v) is 1.76. The molecule has 2 aromatic heterocycles. The fourth-order valence-corrected chi connectivity index (χ4v) is 1.10. The highest BCUT2D eigenvalue weighted by atomic mass is 16.5. The number of carbonyl (C=O) groups excluding carboxylic acids is 1. The first-order valence-electron chi connectivity index (χ1n) is 4.41. The Bertz CT molecular complexity index is 465.